The Kier molecular flexibility index (Phi) is 6.00. The van der Waals surface area contributed by atoms with Gasteiger partial charge in [-0.25, -0.2) is 19.1 Å². The van der Waals surface area contributed by atoms with Gasteiger partial charge in [0.25, 0.3) is 5.56 Å². The van der Waals surface area contributed by atoms with Gasteiger partial charge >= 0.3 is 5.76 Å². The minimum atomic E-state index is -0.379. The molecule has 11 nitrogen and oxygen atoms in total. The standard InChI is InChI=1S/C29H30N8O3/c1-33-14-16-34(17-15-33)21-8-6-20(7-9-21)31-28-30-19-23-26(32-28)37-22-10-11-25-24(18-22)35(29(39)40-25)12-4-2-3-5-13-36(37)27(23)38/h3,5-11,18-19H,2,4,12-17H2,1H3,(H,30,31,32)/b5-3-. The lowest BCUT2D eigenvalue weighted by atomic mass is 10.2. The second-order valence-electron chi connectivity index (χ2n) is 10.4. The summed E-state index contributed by atoms with van der Waals surface area (Å²) < 4.78 is 10.6. The van der Waals surface area contributed by atoms with Crippen molar-refractivity contribution in [2.75, 3.05) is 43.4 Å². The first-order chi connectivity index (χ1) is 19.5. The average molecular weight is 539 g/mol. The zero-order valence-electron chi connectivity index (χ0n) is 22.3. The molecule has 0 amide bonds. The summed E-state index contributed by atoms with van der Waals surface area (Å²) in [7, 11) is 2.15. The topological polar surface area (TPSA) is 106 Å². The molecule has 0 saturated carbocycles. The van der Waals surface area contributed by atoms with Gasteiger partial charge in [0, 0.05) is 50.3 Å². The molecule has 2 bridgehead atoms. The van der Waals surface area contributed by atoms with E-state index in [-0.39, 0.29) is 11.3 Å². The third kappa shape index (κ3) is 4.28. The second kappa shape index (κ2) is 9.83. The number of rotatable bonds is 3. The average Bonchev–Trinajstić information content (AvgIpc) is 3.42. The number of aryl methyl sites for hydroxylation is 1. The summed E-state index contributed by atoms with van der Waals surface area (Å²) in [6, 6.07) is 13.7. The van der Waals surface area contributed by atoms with Gasteiger partial charge in [0.05, 0.1) is 17.7 Å². The fourth-order valence-electron chi connectivity index (χ4n) is 5.52. The quantitative estimate of drug-likeness (QED) is 0.349. The van der Waals surface area contributed by atoms with Crippen molar-refractivity contribution in [1.82, 2.24) is 28.8 Å². The van der Waals surface area contributed by atoms with E-state index in [1.54, 1.807) is 26.2 Å². The van der Waals surface area contributed by atoms with Gasteiger partial charge in [0.1, 0.15) is 5.39 Å². The van der Waals surface area contributed by atoms with E-state index in [0.29, 0.717) is 46.9 Å². The van der Waals surface area contributed by atoms with Crippen LogP contribution in [0.3, 0.4) is 0 Å². The Morgan fingerprint density at radius 3 is 2.55 bits per heavy atom. The zero-order chi connectivity index (χ0) is 27.2. The molecule has 1 fully saturated rings. The van der Waals surface area contributed by atoms with Gasteiger partial charge in [-0.2, -0.15) is 4.98 Å². The van der Waals surface area contributed by atoms with E-state index in [9.17, 15) is 9.59 Å². The Labute approximate surface area is 229 Å². The molecule has 5 aromatic rings. The number of aromatic nitrogens is 5. The van der Waals surface area contributed by atoms with Gasteiger partial charge in [-0.3, -0.25) is 9.36 Å². The lowest BCUT2D eigenvalue weighted by molar-refractivity contribution is 0.313. The normalized spacial score (nSPS) is 17.1. The van der Waals surface area contributed by atoms with Crippen LogP contribution in [0.15, 0.2) is 74.8 Å². The number of piperazine rings is 1. The molecule has 2 aromatic carbocycles. The molecule has 2 aliphatic heterocycles. The maximum Gasteiger partial charge on any atom is 0.419 e. The van der Waals surface area contributed by atoms with Crippen LogP contribution in [-0.4, -0.2) is 62.0 Å². The summed E-state index contributed by atoms with van der Waals surface area (Å²) >= 11 is 0. The second-order valence-corrected chi connectivity index (χ2v) is 10.4. The van der Waals surface area contributed by atoms with E-state index in [4.69, 9.17) is 9.40 Å². The molecule has 1 saturated heterocycles. The van der Waals surface area contributed by atoms with Crippen molar-refractivity contribution in [3.8, 4) is 5.69 Å². The van der Waals surface area contributed by atoms with Gasteiger partial charge < -0.3 is 19.5 Å². The van der Waals surface area contributed by atoms with Crippen LogP contribution >= 0.6 is 0 Å². The third-order valence-corrected chi connectivity index (χ3v) is 7.76. The summed E-state index contributed by atoms with van der Waals surface area (Å²) in [4.78, 5) is 39.9. The molecule has 204 valence electrons. The van der Waals surface area contributed by atoms with Crippen LogP contribution in [-0.2, 0) is 13.1 Å². The summed E-state index contributed by atoms with van der Waals surface area (Å²) in [6.45, 7) is 5.07. The number of nitrogens with one attached hydrogen (secondary N) is 1. The predicted molar refractivity (Wildman–Crippen MR) is 155 cm³/mol. The van der Waals surface area contributed by atoms with Crippen LogP contribution in [0.4, 0.5) is 17.3 Å². The molecule has 11 heteroatoms. The summed E-state index contributed by atoms with van der Waals surface area (Å²) in [5.74, 6) is 0.0131. The number of anilines is 3. The first kappa shape index (κ1) is 24.4. The van der Waals surface area contributed by atoms with E-state index < -0.39 is 0 Å². The Hall–Kier alpha value is -4.64. The van der Waals surface area contributed by atoms with E-state index in [0.717, 1.165) is 44.7 Å². The van der Waals surface area contributed by atoms with E-state index in [2.05, 4.69) is 39.3 Å². The molecule has 40 heavy (non-hydrogen) atoms. The van der Waals surface area contributed by atoms with Crippen molar-refractivity contribution < 1.29 is 4.42 Å². The van der Waals surface area contributed by atoms with Crippen molar-refractivity contribution in [2.45, 2.75) is 25.9 Å². The van der Waals surface area contributed by atoms with Crippen molar-refractivity contribution in [3.63, 3.8) is 0 Å². The number of hydrogen-bond donors (Lipinski definition) is 1. The molecule has 5 heterocycles. The fourth-order valence-corrected chi connectivity index (χ4v) is 5.52. The number of nitrogens with zero attached hydrogens (tertiary/aromatic N) is 7. The molecule has 0 radical (unpaired) electrons. The molecule has 0 spiro atoms. The lowest BCUT2D eigenvalue weighted by Gasteiger charge is -2.34. The maximum absolute atomic E-state index is 13.5. The van der Waals surface area contributed by atoms with Crippen LogP contribution in [0.1, 0.15) is 12.8 Å². The highest BCUT2D eigenvalue weighted by molar-refractivity contribution is 5.80. The number of allylic oxidation sites excluding steroid dienone is 2. The molecule has 2 aliphatic rings. The molecule has 7 rings (SSSR count). The maximum atomic E-state index is 13.5. The number of fused-ring (bicyclic) bond motifs is 5. The van der Waals surface area contributed by atoms with Crippen molar-refractivity contribution in [1.29, 1.82) is 0 Å². The third-order valence-electron chi connectivity index (χ3n) is 7.76. The van der Waals surface area contributed by atoms with Crippen LogP contribution in [0.2, 0.25) is 0 Å². The van der Waals surface area contributed by atoms with Gasteiger partial charge in [-0.1, -0.05) is 12.2 Å². The van der Waals surface area contributed by atoms with Crippen LogP contribution in [0.5, 0.6) is 0 Å². The Morgan fingerprint density at radius 1 is 0.925 bits per heavy atom. The summed E-state index contributed by atoms with van der Waals surface area (Å²) in [5, 5.41) is 3.72. The fraction of sp³-hybridized carbons (Fsp3) is 0.310. The highest BCUT2D eigenvalue weighted by Crippen LogP contribution is 2.24. The van der Waals surface area contributed by atoms with Gasteiger partial charge in [-0.15, -0.1) is 0 Å². The number of likely N-dealkylation sites (N-methyl/N-ethyl adjacent to an activating group) is 1. The molecule has 0 aliphatic carbocycles. The largest absolute Gasteiger partial charge is 0.419 e. The highest BCUT2D eigenvalue weighted by Gasteiger charge is 2.20. The van der Waals surface area contributed by atoms with Gasteiger partial charge in [-0.05, 0) is 62.4 Å². The molecular weight excluding hydrogens is 508 g/mol. The Bertz CT molecular complexity index is 1850. The van der Waals surface area contributed by atoms with Crippen molar-refractivity contribution >= 4 is 39.5 Å². The van der Waals surface area contributed by atoms with E-state index in [1.165, 1.54) is 5.69 Å². The van der Waals surface area contributed by atoms with E-state index >= 15 is 0 Å². The number of benzene rings is 2. The van der Waals surface area contributed by atoms with Crippen LogP contribution in [0, 0.1) is 0 Å². The summed E-state index contributed by atoms with van der Waals surface area (Å²) in [6.07, 6.45) is 7.17. The molecule has 1 N–H and O–H groups in total. The molecule has 0 atom stereocenters. The molecular formula is C29H30N8O3. The van der Waals surface area contributed by atoms with E-state index in [1.807, 2.05) is 36.4 Å². The van der Waals surface area contributed by atoms with Crippen LogP contribution < -0.4 is 21.5 Å². The first-order valence-electron chi connectivity index (χ1n) is 13.6. The minimum Gasteiger partial charge on any atom is -0.408 e. The lowest BCUT2D eigenvalue weighted by Crippen LogP contribution is -2.44. The monoisotopic (exact) mass is 538 g/mol. The number of oxazole rings is 1. The minimum absolute atomic E-state index is 0.176. The zero-order valence-corrected chi connectivity index (χ0v) is 22.3. The molecule has 3 aromatic heterocycles. The van der Waals surface area contributed by atoms with Gasteiger partial charge in [0.2, 0.25) is 5.95 Å². The summed E-state index contributed by atoms with van der Waals surface area (Å²) in [5.41, 5.74) is 4.28. The smallest absolute Gasteiger partial charge is 0.408 e. The predicted octanol–water partition coefficient (Wildman–Crippen LogP) is 3.34. The Morgan fingerprint density at radius 2 is 1.73 bits per heavy atom. The first-order valence-corrected chi connectivity index (χ1v) is 13.6. The SMILES string of the molecule is CN1CCN(c2ccc(Nc3ncc4c(=O)n5n(c4n3)-c3ccc4oc(=O)n(c4c3)CCC/C=C\C5)cc2)CC1. The van der Waals surface area contributed by atoms with Crippen molar-refractivity contribution in [2.24, 2.45) is 0 Å². The van der Waals surface area contributed by atoms with Gasteiger partial charge in [0.15, 0.2) is 11.2 Å². The Balaban J connectivity index is 1.28. The highest BCUT2D eigenvalue weighted by atomic mass is 16.4. The molecule has 0 unspecified atom stereocenters. The van der Waals surface area contributed by atoms with Crippen LogP contribution in [0.25, 0.3) is 27.8 Å². The van der Waals surface area contributed by atoms with Crippen molar-refractivity contribution in [3.05, 3.63) is 81.7 Å². The number of hydrogen-bond acceptors (Lipinski definition) is 8.